The van der Waals surface area contributed by atoms with Gasteiger partial charge in [0.15, 0.2) is 0 Å². The van der Waals surface area contributed by atoms with E-state index < -0.39 is 0 Å². The second kappa shape index (κ2) is 4.96. The molecule has 0 aliphatic carbocycles. The first kappa shape index (κ1) is 12.5. The molecule has 0 aliphatic heterocycles. The van der Waals surface area contributed by atoms with Crippen molar-refractivity contribution >= 4 is 28.1 Å². The molecule has 0 saturated carbocycles. The first-order chi connectivity index (χ1) is 10.8. The predicted octanol–water partition coefficient (Wildman–Crippen LogP) is 3.13. The summed E-state index contributed by atoms with van der Waals surface area (Å²) in [5, 5.41) is 3.91. The van der Waals surface area contributed by atoms with Crippen molar-refractivity contribution in [3.8, 4) is 0 Å². The molecule has 1 aromatic carbocycles. The Morgan fingerprint density at radius 3 is 2.82 bits per heavy atom. The number of hydrogen-bond donors (Lipinski definition) is 1. The summed E-state index contributed by atoms with van der Waals surface area (Å²) >= 11 is 0. The number of pyridine rings is 2. The maximum Gasteiger partial charge on any atom is 0.259 e. The largest absolute Gasteiger partial charge is 0.320 e. The first-order valence-electron chi connectivity index (χ1n) is 6.90. The minimum Gasteiger partial charge on any atom is -0.320 e. The first-order valence-corrected chi connectivity index (χ1v) is 6.90. The minimum absolute atomic E-state index is 0.199. The molecule has 4 aromatic rings. The number of fused-ring (bicyclic) bond motifs is 2. The molecule has 0 saturated heterocycles. The number of nitrogens with one attached hydrogen (secondary N) is 1. The molecule has 3 aromatic heterocycles. The molecule has 0 fully saturated rings. The highest BCUT2D eigenvalue weighted by molar-refractivity contribution is 6.11. The van der Waals surface area contributed by atoms with E-state index >= 15 is 0 Å². The lowest BCUT2D eigenvalue weighted by Gasteiger charge is -2.08. The lowest BCUT2D eigenvalue weighted by Crippen LogP contribution is -2.13. The highest BCUT2D eigenvalue weighted by atomic mass is 16.1. The number of carbonyl (C=O) groups is 1. The van der Waals surface area contributed by atoms with Gasteiger partial charge in [-0.2, -0.15) is 0 Å². The van der Waals surface area contributed by atoms with Gasteiger partial charge in [0.2, 0.25) is 0 Å². The molecule has 1 amide bonds. The van der Waals surface area contributed by atoms with Crippen LogP contribution in [0.1, 0.15) is 10.4 Å². The van der Waals surface area contributed by atoms with Crippen molar-refractivity contribution in [1.82, 2.24) is 14.4 Å². The monoisotopic (exact) mass is 288 g/mol. The fourth-order valence-electron chi connectivity index (χ4n) is 2.52. The molecule has 0 spiro atoms. The van der Waals surface area contributed by atoms with Crippen molar-refractivity contribution in [2.45, 2.75) is 0 Å². The number of anilines is 1. The van der Waals surface area contributed by atoms with Crippen molar-refractivity contribution in [2.24, 2.45) is 0 Å². The average molecular weight is 288 g/mol. The molecular weight excluding hydrogens is 276 g/mol. The van der Waals surface area contributed by atoms with E-state index in [0.717, 1.165) is 10.9 Å². The van der Waals surface area contributed by atoms with Crippen LogP contribution in [-0.4, -0.2) is 20.3 Å². The second-order valence-electron chi connectivity index (χ2n) is 4.91. The zero-order valence-corrected chi connectivity index (χ0v) is 11.6. The predicted molar refractivity (Wildman–Crippen MR) is 84.9 cm³/mol. The number of carbonyl (C=O) groups excluding carboxylic acids is 1. The molecule has 0 aliphatic rings. The van der Waals surface area contributed by atoms with Crippen molar-refractivity contribution < 1.29 is 4.79 Å². The Labute approximate surface area is 126 Å². The van der Waals surface area contributed by atoms with E-state index in [9.17, 15) is 4.79 Å². The van der Waals surface area contributed by atoms with Gasteiger partial charge in [-0.25, -0.2) is 4.98 Å². The molecule has 22 heavy (non-hydrogen) atoms. The molecule has 0 unspecified atom stereocenters. The van der Waals surface area contributed by atoms with Crippen LogP contribution < -0.4 is 5.32 Å². The number of rotatable bonds is 2. The standard InChI is InChI=1S/C17H12N4O/c22-17(13-6-3-10-21-11-9-19-16(13)21)20-14-7-1-4-12-5-2-8-18-15(12)14/h1-11H,(H,20,22). The smallest absolute Gasteiger partial charge is 0.259 e. The van der Waals surface area contributed by atoms with Gasteiger partial charge in [-0.3, -0.25) is 9.78 Å². The number of imidazole rings is 1. The van der Waals surface area contributed by atoms with E-state index in [4.69, 9.17) is 0 Å². The van der Waals surface area contributed by atoms with E-state index in [2.05, 4.69) is 15.3 Å². The summed E-state index contributed by atoms with van der Waals surface area (Å²) in [7, 11) is 0. The summed E-state index contributed by atoms with van der Waals surface area (Å²) in [5.74, 6) is -0.199. The number of hydrogen-bond acceptors (Lipinski definition) is 3. The maximum atomic E-state index is 12.6. The molecule has 5 nitrogen and oxygen atoms in total. The zero-order chi connectivity index (χ0) is 14.9. The quantitative estimate of drug-likeness (QED) is 0.616. The van der Waals surface area contributed by atoms with Gasteiger partial charge in [0, 0.05) is 30.2 Å². The molecular formula is C17H12N4O. The molecule has 0 bridgehead atoms. The van der Waals surface area contributed by atoms with Crippen LogP contribution in [-0.2, 0) is 0 Å². The zero-order valence-electron chi connectivity index (χ0n) is 11.6. The van der Waals surface area contributed by atoms with Crippen molar-refractivity contribution in [3.05, 3.63) is 72.8 Å². The molecule has 1 N–H and O–H groups in total. The molecule has 5 heteroatoms. The van der Waals surface area contributed by atoms with Crippen LogP contribution in [0.15, 0.2) is 67.3 Å². The summed E-state index contributed by atoms with van der Waals surface area (Å²) in [6, 6.07) is 13.1. The molecule has 0 atom stereocenters. The fourth-order valence-corrected chi connectivity index (χ4v) is 2.52. The maximum absolute atomic E-state index is 12.6. The Balaban J connectivity index is 1.76. The summed E-state index contributed by atoms with van der Waals surface area (Å²) in [4.78, 5) is 21.2. The third kappa shape index (κ3) is 2.00. The normalized spacial score (nSPS) is 10.9. The highest BCUT2D eigenvalue weighted by Gasteiger charge is 2.13. The van der Waals surface area contributed by atoms with Gasteiger partial charge in [-0.15, -0.1) is 0 Å². The van der Waals surface area contributed by atoms with Gasteiger partial charge >= 0.3 is 0 Å². The van der Waals surface area contributed by atoms with Crippen LogP contribution in [0.5, 0.6) is 0 Å². The van der Waals surface area contributed by atoms with Gasteiger partial charge < -0.3 is 9.72 Å². The summed E-state index contributed by atoms with van der Waals surface area (Å²) in [6.07, 6.45) is 7.06. The van der Waals surface area contributed by atoms with Gasteiger partial charge in [0.25, 0.3) is 5.91 Å². The Morgan fingerprint density at radius 2 is 1.86 bits per heavy atom. The van der Waals surface area contributed by atoms with E-state index in [-0.39, 0.29) is 5.91 Å². The fraction of sp³-hybridized carbons (Fsp3) is 0. The van der Waals surface area contributed by atoms with Crippen LogP contribution >= 0.6 is 0 Å². The summed E-state index contributed by atoms with van der Waals surface area (Å²) in [6.45, 7) is 0. The summed E-state index contributed by atoms with van der Waals surface area (Å²) < 4.78 is 1.82. The number of benzene rings is 1. The van der Waals surface area contributed by atoms with E-state index in [1.807, 2.05) is 53.2 Å². The molecule has 106 valence electrons. The minimum atomic E-state index is -0.199. The Kier molecular flexibility index (Phi) is 2.83. The molecule has 0 radical (unpaired) electrons. The summed E-state index contributed by atoms with van der Waals surface area (Å²) in [5.41, 5.74) is 2.62. The third-order valence-corrected chi connectivity index (χ3v) is 3.54. The van der Waals surface area contributed by atoms with Gasteiger partial charge in [0.1, 0.15) is 5.65 Å². The van der Waals surface area contributed by atoms with Crippen molar-refractivity contribution in [2.75, 3.05) is 5.32 Å². The number of amides is 1. The van der Waals surface area contributed by atoms with Crippen LogP contribution in [0.3, 0.4) is 0 Å². The van der Waals surface area contributed by atoms with E-state index in [0.29, 0.717) is 16.9 Å². The van der Waals surface area contributed by atoms with Gasteiger partial charge in [-0.1, -0.05) is 18.2 Å². The van der Waals surface area contributed by atoms with Gasteiger partial charge in [-0.05, 0) is 24.3 Å². The van der Waals surface area contributed by atoms with E-state index in [1.165, 1.54) is 0 Å². The molecule has 3 heterocycles. The molecule has 4 rings (SSSR count). The Morgan fingerprint density at radius 1 is 0.955 bits per heavy atom. The van der Waals surface area contributed by atoms with Gasteiger partial charge in [0.05, 0.1) is 16.8 Å². The Bertz CT molecular complexity index is 985. The van der Waals surface area contributed by atoms with Crippen LogP contribution in [0.2, 0.25) is 0 Å². The number of para-hydroxylation sites is 1. The van der Waals surface area contributed by atoms with Crippen LogP contribution in [0.25, 0.3) is 16.6 Å². The second-order valence-corrected chi connectivity index (χ2v) is 4.91. The Hall–Kier alpha value is -3.21. The van der Waals surface area contributed by atoms with Crippen LogP contribution in [0, 0.1) is 0 Å². The third-order valence-electron chi connectivity index (χ3n) is 3.54. The van der Waals surface area contributed by atoms with Crippen LogP contribution in [0.4, 0.5) is 5.69 Å². The topological polar surface area (TPSA) is 59.3 Å². The average Bonchev–Trinajstić information content (AvgIpc) is 3.03. The van der Waals surface area contributed by atoms with Crippen molar-refractivity contribution in [3.63, 3.8) is 0 Å². The SMILES string of the molecule is O=C(Nc1cccc2cccnc12)c1cccn2ccnc12. The van der Waals surface area contributed by atoms with E-state index in [1.54, 1.807) is 18.5 Å². The lowest BCUT2D eigenvalue weighted by atomic mass is 10.2. The number of aromatic nitrogens is 3. The van der Waals surface area contributed by atoms with Crippen molar-refractivity contribution in [1.29, 1.82) is 0 Å². The lowest BCUT2D eigenvalue weighted by molar-refractivity contribution is 0.102. The number of nitrogens with zero attached hydrogens (tertiary/aromatic N) is 3. The highest BCUT2D eigenvalue weighted by Crippen LogP contribution is 2.21.